The zero-order valence-corrected chi connectivity index (χ0v) is 13.7. The molecular weight excluding hydrogens is 377 g/mol. The van der Waals surface area contributed by atoms with Crippen LogP contribution in [0.1, 0.15) is 36.0 Å². The number of piperidine rings is 1. The maximum absolute atomic E-state index is 14.0. The highest BCUT2D eigenvalue weighted by Crippen LogP contribution is 2.25. The molecule has 1 aromatic rings. The Labute approximate surface area is 129 Å². The molecule has 0 bridgehead atoms. The molecule has 104 valence electrons. The lowest BCUT2D eigenvalue weighted by molar-refractivity contribution is 0.0605. The SMILES string of the molecule is O=C(c1cccc(Br)c1F)N1CCCCC1CCBr. The normalized spacial score (nSPS) is 19.5. The topological polar surface area (TPSA) is 20.3 Å². The molecule has 0 saturated carbocycles. The first-order valence-corrected chi connectivity index (χ1v) is 8.37. The Morgan fingerprint density at radius 1 is 1.42 bits per heavy atom. The van der Waals surface area contributed by atoms with Crippen molar-refractivity contribution in [3.63, 3.8) is 0 Å². The third-order valence-electron chi connectivity index (χ3n) is 3.51. The predicted molar refractivity (Wildman–Crippen MR) is 81.2 cm³/mol. The van der Waals surface area contributed by atoms with Crippen LogP contribution >= 0.6 is 31.9 Å². The molecule has 1 atom stereocenters. The quantitative estimate of drug-likeness (QED) is 0.699. The molecule has 5 heteroatoms. The second kappa shape index (κ2) is 6.84. The highest BCUT2D eigenvalue weighted by atomic mass is 79.9. The number of carbonyl (C=O) groups excluding carboxylic acids is 1. The number of alkyl halides is 1. The van der Waals surface area contributed by atoms with Gasteiger partial charge >= 0.3 is 0 Å². The Kier molecular flexibility index (Phi) is 5.39. The molecule has 1 amide bonds. The highest BCUT2D eigenvalue weighted by molar-refractivity contribution is 9.10. The molecule has 1 aromatic carbocycles. The van der Waals surface area contributed by atoms with Crippen LogP contribution in [0.5, 0.6) is 0 Å². The molecule has 19 heavy (non-hydrogen) atoms. The van der Waals surface area contributed by atoms with Gasteiger partial charge in [0.05, 0.1) is 10.0 Å². The first-order valence-electron chi connectivity index (χ1n) is 6.46. The number of halogens is 3. The molecule has 1 saturated heterocycles. The lowest BCUT2D eigenvalue weighted by Crippen LogP contribution is -2.44. The second-order valence-electron chi connectivity index (χ2n) is 4.73. The number of hydrogen-bond donors (Lipinski definition) is 0. The van der Waals surface area contributed by atoms with Crippen molar-refractivity contribution in [3.05, 3.63) is 34.1 Å². The average Bonchev–Trinajstić information content (AvgIpc) is 2.42. The van der Waals surface area contributed by atoms with E-state index in [9.17, 15) is 9.18 Å². The summed E-state index contributed by atoms with van der Waals surface area (Å²) in [5.74, 6) is -0.653. The van der Waals surface area contributed by atoms with Crippen LogP contribution in [0.2, 0.25) is 0 Å². The zero-order valence-electron chi connectivity index (χ0n) is 10.5. The molecule has 1 aliphatic heterocycles. The number of rotatable bonds is 3. The minimum atomic E-state index is -0.462. The van der Waals surface area contributed by atoms with Crippen LogP contribution in [0.25, 0.3) is 0 Å². The molecule has 0 aromatic heterocycles. The minimum Gasteiger partial charge on any atom is -0.336 e. The average molecular weight is 393 g/mol. The van der Waals surface area contributed by atoms with Crippen LogP contribution in [0.15, 0.2) is 22.7 Å². The van der Waals surface area contributed by atoms with E-state index in [1.54, 1.807) is 18.2 Å². The molecule has 2 rings (SSSR count). The standard InChI is InChI=1S/C14H16Br2FNO/c15-8-7-10-4-1-2-9-18(10)14(19)11-5-3-6-12(16)13(11)17/h3,5-6,10H,1-2,4,7-9H2. The fourth-order valence-electron chi connectivity index (χ4n) is 2.52. The number of benzene rings is 1. The van der Waals surface area contributed by atoms with E-state index >= 15 is 0 Å². The van der Waals surface area contributed by atoms with Gasteiger partial charge in [-0.3, -0.25) is 4.79 Å². The third-order valence-corrected chi connectivity index (χ3v) is 4.58. The maximum Gasteiger partial charge on any atom is 0.257 e. The lowest BCUT2D eigenvalue weighted by atomic mass is 9.99. The second-order valence-corrected chi connectivity index (χ2v) is 6.37. The number of likely N-dealkylation sites (tertiary alicyclic amines) is 1. The smallest absolute Gasteiger partial charge is 0.257 e. The van der Waals surface area contributed by atoms with E-state index in [1.807, 2.05) is 4.90 Å². The van der Waals surface area contributed by atoms with Crippen molar-refractivity contribution < 1.29 is 9.18 Å². The van der Waals surface area contributed by atoms with Gasteiger partial charge in [0.1, 0.15) is 5.82 Å². The summed E-state index contributed by atoms with van der Waals surface area (Å²) >= 11 is 6.56. The molecule has 0 radical (unpaired) electrons. The Morgan fingerprint density at radius 3 is 2.95 bits per heavy atom. The molecule has 0 spiro atoms. The molecule has 0 aliphatic carbocycles. The molecule has 1 heterocycles. The maximum atomic E-state index is 14.0. The Balaban J connectivity index is 2.23. The van der Waals surface area contributed by atoms with Crippen LogP contribution in [0.3, 0.4) is 0 Å². The number of carbonyl (C=O) groups is 1. The predicted octanol–water partition coefficient (Wildman–Crippen LogP) is 4.37. The van der Waals surface area contributed by atoms with Crippen LogP contribution in [0, 0.1) is 5.82 Å². The van der Waals surface area contributed by atoms with Crippen LogP contribution < -0.4 is 0 Å². The van der Waals surface area contributed by atoms with E-state index in [2.05, 4.69) is 31.9 Å². The summed E-state index contributed by atoms with van der Waals surface area (Å²) in [6, 6.07) is 5.09. The number of amides is 1. The van der Waals surface area contributed by atoms with Crippen LogP contribution in [-0.4, -0.2) is 28.7 Å². The van der Waals surface area contributed by atoms with Gasteiger partial charge in [0.15, 0.2) is 0 Å². The van der Waals surface area contributed by atoms with E-state index in [-0.39, 0.29) is 17.5 Å². The number of nitrogens with zero attached hydrogens (tertiary/aromatic N) is 1. The van der Waals surface area contributed by atoms with Crippen LogP contribution in [-0.2, 0) is 0 Å². The van der Waals surface area contributed by atoms with Crippen molar-refractivity contribution in [2.75, 3.05) is 11.9 Å². The van der Waals surface area contributed by atoms with Gasteiger partial charge < -0.3 is 4.90 Å². The van der Waals surface area contributed by atoms with Gasteiger partial charge in [-0.25, -0.2) is 4.39 Å². The summed E-state index contributed by atoms with van der Waals surface area (Å²) in [6.07, 6.45) is 4.07. The molecule has 1 aliphatic rings. The van der Waals surface area contributed by atoms with Gasteiger partial charge in [0, 0.05) is 17.9 Å². The van der Waals surface area contributed by atoms with Crippen molar-refractivity contribution in [2.24, 2.45) is 0 Å². The third kappa shape index (κ3) is 3.37. The molecule has 1 fully saturated rings. The highest BCUT2D eigenvalue weighted by Gasteiger charge is 2.28. The largest absolute Gasteiger partial charge is 0.336 e. The number of hydrogen-bond acceptors (Lipinski definition) is 1. The van der Waals surface area contributed by atoms with E-state index in [4.69, 9.17) is 0 Å². The van der Waals surface area contributed by atoms with Crippen molar-refractivity contribution in [3.8, 4) is 0 Å². The minimum absolute atomic E-state index is 0.163. The summed E-state index contributed by atoms with van der Waals surface area (Å²) in [6.45, 7) is 0.725. The molecule has 1 unspecified atom stereocenters. The van der Waals surface area contributed by atoms with Gasteiger partial charge in [-0.15, -0.1) is 0 Å². The summed E-state index contributed by atoms with van der Waals surface area (Å²) in [4.78, 5) is 14.3. The van der Waals surface area contributed by atoms with E-state index < -0.39 is 5.82 Å². The summed E-state index contributed by atoms with van der Waals surface area (Å²) in [5.41, 5.74) is 0.163. The fourth-order valence-corrected chi connectivity index (χ4v) is 3.41. The molecule has 0 N–H and O–H groups in total. The van der Waals surface area contributed by atoms with Gasteiger partial charge in [0.25, 0.3) is 5.91 Å². The molecule has 2 nitrogen and oxygen atoms in total. The van der Waals surface area contributed by atoms with E-state index in [1.165, 1.54) is 0 Å². The fraction of sp³-hybridized carbons (Fsp3) is 0.500. The summed E-state index contributed by atoms with van der Waals surface area (Å²) < 4.78 is 14.4. The van der Waals surface area contributed by atoms with Crippen molar-refractivity contribution in [1.29, 1.82) is 0 Å². The first-order chi connectivity index (χ1) is 9.15. The van der Waals surface area contributed by atoms with E-state index in [0.717, 1.165) is 37.6 Å². The Morgan fingerprint density at radius 2 is 2.21 bits per heavy atom. The summed E-state index contributed by atoms with van der Waals surface area (Å²) in [7, 11) is 0. The zero-order chi connectivity index (χ0) is 13.8. The van der Waals surface area contributed by atoms with E-state index in [0.29, 0.717) is 4.47 Å². The van der Waals surface area contributed by atoms with Crippen molar-refractivity contribution in [1.82, 2.24) is 4.90 Å². The monoisotopic (exact) mass is 391 g/mol. The van der Waals surface area contributed by atoms with Crippen molar-refractivity contribution >= 4 is 37.8 Å². The Hall–Kier alpha value is -0.420. The lowest BCUT2D eigenvalue weighted by Gasteiger charge is -2.35. The van der Waals surface area contributed by atoms with Gasteiger partial charge in [-0.2, -0.15) is 0 Å². The van der Waals surface area contributed by atoms with Gasteiger partial charge in [0.2, 0.25) is 0 Å². The summed E-state index contributed by atoms with van der Waals surface area (Å²) in [5, 5.41) is 0.864. The van der Waals surface area contributed by atoms with Crippen molar-refractivity contribution in [2.45, 2.75) is 31.7 Å². The molecular formula is C14H16Br2FNO. The van der Waals surface area contributed by atoms with Crippen LogP contribution in [0.4, 0.5) is 4.39 Å². The van der Waals surface area contributed by atoms with Gasteiger partial charge in [-0.05, 0) is 53.7 Å². The van der Waals surface area contributed by atoms with Gasteiger partial charge in [-0.1, -0.05) is 22.0 Å². The first kappa shape index (κ1) is 15.0. The Bertz CT molecular complexity index is 465.